The zero-order valence-corrected chi connectivity index (χ0v) is 15.3. The Kier molecular flexibility index (Phi) is 7.15. The Morgan fingerprint density at radius 2 is 1.67 bits per heavy atom. The topological polar surface area (TPSA) is 42.5 Å². The number of halogens is 1. The number of rotatable bonds is 7. The van der Waals surface area contributed by atoms with Crippen LogP contribution >= 0.6 is 23.8 Å². The van der Waals surface area contributed by atoms with Crippen molar-refractivity contribution in [1.29, 1.82) is 0 Å². The van der Waals surface area contributed by atoms with E-state index >= 15 is 0 Å². The highest BCUT2D eigenvalue weighted by atomic mass is 35.5. The van der Waals surface area contributed by atoms with E-state index in [0.29, 0.717) is 29.9 Å². The maximum atomic E-state index is 5.87. The number of benzene rings is 2. The molecule has 0 unspecified atom stereocenters. The molecule has 0 aliphatic rings. The highest BCUT2D eigenvalue weighted by molar-refractivity contribution is 7.80. The number of thiocarbonyl (C=S) groups is 1. The first-order chi connectivity index (χ1) is 11.6. The molecule has 0 saturated carbocycles. The molecule has 128 valence electrons. The molecule has 4 nitrogen and oxygen atoms in total. The molecule has 24 heavy (non-hydrogen) atoms. The minimum atomic E-state index is 0.546. The number of nitrogens with one attached hydrogen (secondary N) is 2. The Balaban J connectivity index is 1.94. The van der Waals surface area contributed by atoms with Crippen LogP contribution in [0.4, 0.5) is 5.69 Å². The normalized spacial score (nSPS) is 10.1. The first-order valence-corrected chi connectivity index (χ1v) is 8.60. The number of hydrogen-bond donors (Lipinski definition) is 2. The summed E-state index contributed by atoms with van der Waals surface area (Å²) in [6, 6.07) is 13.3. The number of hydrogen-bond acceptors (Lipinski definition) is 3. The van der Waals surface area contributed by atoms with Crippen molar-refractivity contribution < 1.29 is 9.47 Å². The molecule has 0 atom stereocenters. The summed E-state index contributed by atoms with van der Waals surface area (Å²) in [5, 5.41) is 7.53. The monoisotopic (exact) mass is 364 g/mol. The molecule has 0 fully saturated rings. The van der Waals surface area contributed by atoms with Crippen molar-refractivity contribution in [3.05, 3.63) is 53.1 Å². The standard InChI is InChI=1S/C18H21ClN2O2S/c1-3-22-16-10-5-13(11-17(16)23-4-2)12-20-18(24)21-15-8-6-14(19)7-9-15/h5-11H,3-4,12H2,1-2H3,(H2,20,21,24). The van der Waals surface area contributed by atoms with Crippen LogP contribution < -0.4 is 20.1 Å². The van der Waals surface area contributed by atoms with Crippen LogP contribution in [-0.4, -0.2) is 18.3 Å². The lowest BCUT2D eigenvalue weighted by Crippen LogP contribution is -2.27. The summed E-state index contributed by atoms with van der Waals surface area (Å²) in [4.78, 5) is 0. The largest absolute Gasteiger partial charge is 0.490 e. The second-order valence-corrected chi connectivity index (χ2v) is 5.81. The third kappa shape index (κ3) is 5.58. The zero-order valence-electron chi connectivity index (χ0n) is 13.8. The molecular formula is C18H21ClN2O2S. The summed E-state index contributed by atoms with van der Waals surface area (Å²) in [7, 11) is 0. The van der Waals surface area contributed by atoms with Crippen molar-refractivity contribution in [1.82, 2.24) is 5.32 Å². The second kappa shape index (κ2) is 9.35. The second-order valence-electron chi connectivity index (χ2n) is 4.96. The van der Waals surface area contributed by atoms with Crippen LogP contribution in [0.2, 0.25) is 5.02 Å². The molecule has 0 spiro atoms. The van der Waals surface area contributed by atoms with Gasteiger partial charge >= 0.3 is 0 Å². The van der Waals surface area contributed by atoms with Crippen LogP contribution in [0.15, 0.2) is 42.5 Å². The third-order valence-electron chi connectivity index (χ3n) is 3.16. The van der Waals surface area contributed by atoms with E-state index in [4.69, 9.17) is 33.3 Å². The molecule has 2 aromatic rings. The highest BCUT2D eigenvalue weighted by Crippen LogP contribution is 2.28. The first-order valence-electron chi connectivity index (χ1n) is 7.81. The van der Waals surface area contributed by atoms with Crippen molar-refractivity contribution in [2.75, 3.05) is 18.5 Å². The summed E-state index contributed by atoms with van der Waals surface area (Å²) in [6.45, 7) is 5.68. The van der Waals surface area contributed by atoms with E-state index < -0.39 is 0 Å². The van der Waals surface area contributed by atoms with Gasteiger partial charge in [0.15, 0.2) is 16.6 Å². The van der Waals surface area contributed by atoms with Crippen LogP contribution in [0.3, 0.4) is 0 Å². The Morgan fingerprint density at radius 3 is 2.33 bits per heavy atom. The van der Waals surface area contributed by atoms with E-state index in [1.807, 2.05) is 56.3 Å². The first kappa shape index (κ1) is 18.4. The van der Waals surface area contributed by atoms with E-state index in [2.05, 4.69) is 10.6 Å². The molecule has 0 saturated heterocycles. The van der Waals surface area contributed by atoms with Gasteiger partial charge in [-0.3, -0.25) is 0 Å². The molecule has 0 aliphatic heterocycles. The summed E-state index contributed by atoms with van der Waals surface area (Å²) < 4.78 is 11.2. The minimum absolute atomic E-state index is 0.546. The summed E-state index contributed by atoms with van der Waals surface area (Å²) >= 11 is 11.2. The SMILES string of the molecule is CCOc1ccc(CNC(=S)Nc2ccc(Cl)cc2)cc1OCC. The maximum Gasteiger partial charge on any atom is 0.171 e. The van der Waals surface area contributed by atoms with E-state index in [1.165, 1.54) is 0 Å². The maximum absolute atomic E-state index is 5.87. The quantitative estimate of drug-likeness (QED) is 0.701. The van der Waals surface area contributed by atoms with Crippen molar-refractivity contribution in [2.24, 2.45) is 0 Å². The summed E-state index contributed by atoms with van der Waals surface area (Å²) in [5.41, 5.74) is 1.95. The number of ether oxygens (including phenoxy) is 2. The van der Waals surface area contributed by atoms with Crippen molar-refractivity contribution >= 4 is 34.6 Å². The van der Waals surface area contributed by atoms with Gasteiger partial charge in [-0.1, -0.05) is 17.7 Å². The fourth-order valence-electron chi connectivity index (χ4n) is 2.10. The van der Waals surface area contributed by atoms with Gasteiger partial charge in [-0.2, -0.15) is 0 Å². The van der Waals surface area contributed by atoms with E-state index in [0.717, 1.165) is 22.7 Å². The van der Waals surface area contributed by atoms with Gasteiger partial charge in [0, 0.05) is 17.3 Å². The molecule has 6 heteroatoms. The Bertz CT molecular complexity index is 677. The molecule has 2 aromatic carbocycles. The Morgan fingerprint density at radius 1 is 1.00 bits per heavy atom. The predicted molar refractivity (Wildman–Crippen MR) is 103 cm³/mol. The highest BCUT2D eigenvalue weighted by Gasteiger charge is 2.06. The average Bonchev–Trinajstić information content (AvgIpc) is 2.57. The smallest absolute Gasteiger partial charge is 0.171 e. The van der Waals surface area contributed by atoms with Gasteiger partial charge in [0.1, 0.15) is 0 Å². The van der Waals surface area contributed by atoms with Crippen LogP contribution in [0.5, 0.6) is 11.5 Å². The number of anilines is 1. The summed E-state index contributed by atoms with van der Waals surface area (Å²) in [6.07, 6.45) is 0. The van der Waals surface area contributed by atoms with Crippen LogP contribution in [0, 0.1) is 0 Å². The van der Waals surface area contributed by atoms with Crippen molar-refractivity contribution in [3.8, 4) is 11.5 Å². The van der Waals surface area contributed by atoms with Crippen molar-refractivity contribution in [2.45, 2.75) is 20.4 Å². The lowest BCUT2D eigenvalue weighted by molar-refractivity contribution is 0.287. The molecule has 0 aromatic heterocycles. The van der Waals surface area contributed by atoms with Crippen molar-refractivity contribution in [3.63, 3.8) is 0 Å². The van der Waals surface area contributed by atoms with Gasteiger partial charge in [-0.05, 0) is 68.0 Å². The van der Waals surface area contributed by atoms with Gasteiger partial charge in [-0.25, -0.2) is 0 Å². The molecule has 0 heterocycles. The van der Waals surface area contributed by atoms with Gasteiger partial charge in [0.2, 0.25) is 0 Å². The molecule has 0 aliphatic carbocycles. The Hall–Kier alpha value is -1.98. The fraction of sp³-hybridized carbons (Fsp3) is 0.278. The Labute approximate surface area is 153 Å². The molecule has 2 N–H and O–H groups in total. The molecule has 0 radical (unpaired) electrons. The lowest BCUT2D eigenvalue weighted by atomic mass is 10.2. The predicted octanol–water partition coefficient (Wildman–Crippen LogP) is 4.62. The van der Waals surface area contributed by atoms with E-state index in [1.54, 1.807) is 0 Å². The van der Waals surface area contributed by atoms with Crippen LogP contribution in [0.1, 0.15) is 19.4 Å². The van der Waals surface area contributed by atoms with Crippen LogP contribution in [0.25, 0.3) is 0 Å². The zero-order chi connectivity index (χ0) is 17.4. The van der Waals surface area contributed by atoms with E-state index in [9.17, 15) is 0 Å². The van der Waals surface area contributed by atoms with Gasteiger partial charge in [0.25, 0.3) is 0 Å². The molecule has 2 rings (SSSR count). The van der Waals surface area contributed by atoms with E-state index in [-0.39, 0.29) is 0 Å². The van der Waals surface area contributed by atoms with Gasteiger partial charge < -0.3 is 20.1 Å². The molecular weight excluding hydrogens is 344 g/mol. The fourth-order valence-corrected chi connectivity index (χ4v) is 2.41. The van der Waals surface area contributed by atoms with Gasteiger partial charge in [0.05, 0.1) is 13.2 Å². The molecule has 0 bridgehead atoms. The average molecular weight is 365 g/mol. The summed E-state index contributed by atoms with van der Waals surface area (Å²) in [5.74, 6) is 1.50. The minimum Gasteiger partial charge on any atom is -0.490 e. The third-order valence-corrected chi connectivity index (χ3v) is 3.66. The molecule has 0 amide bonds. The van der Waals surface area contributed by atoms with Gasteiger partial charge in [-0.15, -0.1) is 0 Å². The lowest BCUT2D eigenvalue weighted by Gasteiger charge is -2.14. The van der Waals surface area contributed by atoms with Crippen LogP contribution in [-0.2, 0) is 6.54 Å².